The van der Waals surface area contributed by atoms with Gasteiger partial charge in [0.25, 0.3) is 0 Å². The Labute approximate surface area is 133 Å². The fraction of sp³-hybridized carbons (Fsp3) is 0.538. The van der Waals surface area contributed by atoms with Crippen molar-refractivity contribution in [2.75, 3.05) is 6.54 Å². The SMILES string of the molecule is CCC(CCNS(=O)(=O)c1cncc(Br)c1)CCC(=O)O. The van der Waals surface area contributed by atoms with E-state index in [9.17, 15) is 13.2 Å². The average Bonchev–Trinajstić information content (AvgIpc) is 2.42. The minimum atomic E-state index is -3.58. The lowest BCUT2D eigenvalue weighted by Gasteiger charge is -2.14. The molecule has 0 fully saturated rings. The van der Waals surface area contributed by atoms with Crippen LogP contribution in [0.2, 0.25) is 0 Å². The summed E-state index contributed by atoms with van der Waals surface area (Å²) in [6.07, 6.45) is 4.91. The quantitative estimate of drug-likeness (QED) is 0.687. The number of nitrogens with one attached hydrogen (secondary N) is 1. The number of nitrogens with zero attached hydrogens (tertiary/aromatic N) is 1. The zero-order valence-corrected chi connectivity index (χ0v) is 14.2. The first kappa shape index (κ1) is 18.1. The smallest absolute Gasteiger partial charge is 0.303 e. The van der Waals surface area contributed by atoms with E-state index in [-0.39, 0.29) is 23.8 Å². The van der Waals surface area contributed by atoms with Crippen LogP contribution in [-0.2, 0) is 14.8 Å². The van der Waals surface area contributed by atoms with Crippen LogP contribution in [0.15, 0.2) is 27.8 Å². The van der Waals surface area contributed by atoms with Crippen molar-refractivity contribution in [1.82, 2.24) is 9.71 Å². The van der Waals surface area contributed by atoms with Gasteiger partial charge < -0.3 is 5.11 Å². The van der Waals surface area contributed by atoms with Crippen molar-refractivity contribution in [2.24, 2.45) is 5.92 Å². The molecule has 0 aliphatic heterocycles. The van der Waals surface area contributed by atoms with Crippen LogP contribution in [0.25, 0.3) is 0 Å². The summed E-state index contributed by atoms with van der Waals surface area (Å²) in [6, 6.07) is 1.48. The predicted molar refractivity (Wildman–Crippen MR) is 82.4 cm³/mol. The number of aliphatic carboxylic acids is 1. The van der Waals surface area contributed by atoms with Crippen LogP contribution < -0.4 is 4.72 Å². The Morgan fingerprint density at radius 1 is 1.43 bits per heavy atom. The molecule has 21 heavy (non-hydrogen) atoms. The predicted octanol–water partition coefficient (Wildman–Crippen LogP) is 2.40. The van der Waals surface area contributed by atoms with E-state index in [0.29, 0.717) is 17.3 Å². The van der Waals surface area contributed by atoms with E-state index in [1.54, 1.807) is 0 Å². The van der Waals surface area contributed by atoms with E-state index < -0.39 is 16.0 Å². The van der Waals surface area contributed by atoms with Gasteiger partial charge in [0.05, 0.1) is 0 Å². The lowest BCUT2D eigenvalue weighted by molar-refractivity contribution is -0.137. The van der Waals surface area contributed by atoms with Gasteiger partial charge in [0.1, 0.15) is 4.90 Å². The molecule has 0 saturated carbocycles. The zero-order chi connectivity index (χ0) is 15.9. The minimum absolute atomic E-state index is 0.107. The van der Waals surface area contributed by atoms with Gasteiger partial charge in [0, 0.05) is 29.8 Å². The van der Waals surface area contributed by atoms with E-state index in [0.717, 1.165) is 6.42 Å². The van der Waals surface area contributed by atoms with Crippen molar-refractivity contribution < 1.29 is 18.3 Å². The highest BCUT2D eigenvalue weighted by atomic mass is 79.9. The Morgan fingerprint density at radius 2 is 2.14 bits per heavy atom. The third-order valence-electron chi connectivity index (χ3n) is 3.18. The van der Waals surface area contributed by atoms with Crippen molar-refractivity contribution in [3.8, 4) is 0 Å². The number of aromatic nitrogens is 1. The van der Waals surface area contributed by atoms with E-state index >= 15 is 0 Å². The molecule has 0 aliphatic carbocycles. The molecule has 118 valence electrons. The average molecular weight is 379 g/mol. The second-order valence-corrected chi connectivity index (χ2v) is 7.41. The normalized spacial score (nSPS) is 13.0. The van der Waals surface area contributed by atoms with Gasteiger partial charge in [-0.1, -0.05) is 13.3 Å². The number of hydrogen-bond acceptors (Lipinski definition) is 4. The molecule has 8 heteroatoms. The molecule has 0 radical (unpaired) electrons. The lowest BCUT2D eigenvalue weighted by atomic mass is 9.97. The zero-order valence-electron chi connectivity index (χ0n) is 11.8. The lowest BCUT2D eigenvalue weighted by Crippen LogP contribution is -2.26. The first-order valence-corrected chi connectivity index (χ1v) is 8.94. The number of rotatable bonds is 9. The van der Waals surface area contributed by atoms with Gasteiger partial charge in [-0.15, -0.1) is 0 Å². The van der Waals surface area contributed by atoms with Gasteiger partial charge in [-0.25, -0.2) is 13.1 Å². The van der Waals surface area contributed by atoms with Crippen molar-refractivity contribution in [3.05, 3.63) is 22.9 Å². The summed E-state index contributed by atoms with van der Waals surface area (Å²) < 4.78 is 27.2. The first-order valence-electron chi connectivity index (χ1n) is 6.67. The molecule has 1 unspecified atom stereocenters. The highest BCUT2D eigenvalue weighted by Crippen LogP contribution is 2.17. The summed E-state index contributed by atoms with van der Waals surface area (Å²) in [4.78, 5) is 14.5. The number of carboxylic acids is 1. The summed E-state index contributed by atoms with van der Waals surface area (Å²) >= 11 is 3.18. The highest BCUT2D eigenvalue weighted by Gasteiger charge is 2.16. The topological polar surface area (TPSA) is 96.4 Å². The molecule has 2 N–H and O–H groups in total. The molecule has 1 heterocycles. The van der Waals surface area contributed by atoms with Crippen molar-refractivity contribution in [2.45, 2.75) is 37.5 Å². The van der Waals surface area contributed by atoms with Crippen molar-refractivity contribution >= 4 is 31.9 Å². The summed E-state index contributed by atoms with van der Waals surface area (Å²) in [5.74, 6) is -0.626. The van der Waals surface area contributed by atoms with Gasteiger partial charge in [-0.3, -0.25) is 9.78 Å². The molecule has 6 nitrogen and oxygen atoms in total. The Morgan fingerprint density at radius 3 is 2.71 bits per heavy atom. The molecular formula is C13H19BrN2O4S. The Kier molecular flexibility index (Phi) is 7.27. The van der Waals surface area contributed by atoms with Crippen LogP contribution in [0.1, 0.15) is 32.6 Å². The maximum atomic E-state index is 12.1. The summed E-state index contributed by atoms with van der Waals surface area (Å²) in [6.45, 7) is 2.26. The summed E-state index contributed by atoms with van der Waals surface area (Å²) in [5, 5.41) is 8.66. The molecule has 1 aromatic rings. The molecule has 0 bridgehead atoms. The second kappa shape index (κ2) is 8.45. The van der Waals surface area contributed by atoms with Gasteiger partial charge in [0.15, 0.2) is 0 Å². The van der Waals surface area contributed by atoms with Crippen LogP contribution in [0, 0.1) is 5.92 Å². The molecule has 0 aliphatic rings. The number of carboxylic acid groups (broad SMARTS) is 1. The molecule has 0 amide bonds. The Balaban J connectivity index is 2.51. The minimum Gasteiger partial charge on any atom is -0.481 e. The maximum Gasteiger partial charge on any atom is 0.303 e. The molecule has 0 aromatic carbocycles. The highest BCUT2D eigenvalue weighted by molar-refractivity contribution is 9.10. The fourth-order valence-corrected chi connectivity index (χ4v) is 3.45. The van der Waals surface area contributed by atoms with Crippen molar-refractivity contribution in [3.63, 3.8) is 0 Å². The number of sulfonamides is 1. The molecule has 1 rings (SSSR count). The van der Waals surface area contributed by atoms with Crippen LogP contribution in [0.4, 0.5) is 0 Å². The van der Waals surface area contributed by atoms with Crippen LogP contribution >= 0.6 is 15.9 Å². The van der Waals surface area contributed by atoms with E-state index in [2.05, 4.69) is 25.6 Å². The number of carbonyl (C=O) groups is 1. The molecule has 1 aromatic heterocycles. The van der Waals surface area contributed by atoms with Gasteiger partial charge >= 0.3 is 5.97 Å². The molecule has 1 atom stereocenters. The van der Waals surface area contributed by atoms with Crippen LogP contribution in [-0.4, -0.2) is 31.0 Å². The maximum absolute atomic E-state index is 12.1. The largest absolute Gasteiger partial charge is 0.481 e. The van der Waals surface area contributed by atoms with Gasteiger partial charge in [-0.2, -0.15) is 0 Å². The number of hydrogen-bond donors (Lipinski definition) is 2. The Bertz CT molecular complexity index is 577. The fourth-order valence-electron chi connectivity index (χ4n) is 1.90. The third kappa shape index (κ3) is 6.54. The van der Waals surface area contributed by atoms with Gasteiger partial charge in [-0.05, 0) is 40.8 Å². The van der Waals surface area contributed by atoms with E-state index in [1.807, 2.05) is 6.92 Å². The van der Waals surface area contributed by atoms with Crippen LogP contribution in [0.3, 0.4) is 0 Å². The number of pyridine rings is 1. The standard InChI is InChI=1S/C13H19BrN2O4S/c1-2-10(3-4-13(17)18)5-6-16-21(19,20)12-7-11(14)8-15-9-12/h7-10,16H,2-6H2,1H3,(H,17,18). The Hall–Kier alpha value is -0.990. The van der Waals surface area contributed by atoms with Crippen molar-refractivity contribution in [1.29, 1.82) is 0 Å². The van der Waals surface area contributed by atoms with E-state index in [1.165, 1.54) is 18.5 Å². The first-order chi connectivity index (χ1) is 9.85. The van der Waals surface area contributed by atoms with Crippen LogP contribution in [0.5, 0.6) is 0 Å². The second-order valence-electron chi connectivity index (χ2n) is 4.73. The molecular weight excluding hydrogens is 360 g/mol. The summed E-state index contributed by atoms with van der Waals surface area (Å²) in [5.41, 5.74) is 0. The molecule has 0 saturated heterocycles. The summed E-state index contributed by atoms with van der Waals surface area (Å²) in [7, 11) is -3.58. The van der Waals surface area contributed by atoms with E-state index in [4.69, 9.17) is 5.11 Å². The molecule has 0 spiro atoms. The number of halogens is 1. The van der Waals surface area contributed by atoms with Gasteiger partial charge in [0.2, 0.25) is 10.0 Å². The monoisotopic (exact) mass is 378 g/mol. The third-order valence-corrected chi connectivity index (χ3v) is 5.04.